The predicted octanol–water partition coefficient (Wildman–Crippen LogP) is 17.3. The summed E-state index contributed by atoms with van der Waals surface area (Å²) in [5.41, 5.74) is 0. The van der Waals surface area contributed by atoms with Gasteiger partial charge in [0.05, 0.1) is 31.3 Å². The molecule has 0 saturated heterocycles. The predicted molar refractivity (Wildman–Crippen MR) is 269 cm³/mol. The number of amides is 1. The number of rotatable bonds is 53. The molecule has 4 N–H and O–H groups in total. The highest BCUT2D eigenvalue weighted by atomic mass is 16.3. The van der Waals surface area contributed by atoms with E-state index in [0.717, 1.165) is 25.7 Å². The minimum Gasteiger partial charge on any atom is -0.394 e. The van der Waals surface area contributed by atoms with Gasteiger partial charge in [-0.1, -0.05) is 309 Å². The molecule has 5 nitrogen and oxygen atoms in total. The minimum atomic E-state index is -0.745. The second-order valence-corrected chi connectivity index (χ2v) is 19.9. The quantitative estimate of drug-likeness (QED) is 0.0459. The molecule has 3 unspecified atom stereocenters. The van der Waals surface area contributed by atoms with Gasteiger partial charge in [0.15, 0.2) is 0 Å². The number of unbranched alkanes of at least 4 members (excludes halogenated alkanes) is 44. The largest absolute Gasteiger partial charge is 0.394 e. The van der Waals surface area contributed by atoms with E-state index in [4.69, 9.17) is 0 Å². The van der Waals surface area contributed by atoms with E-state index in [-0.39, 0.29) is 18.9 Å². The monoisotopic (exact) mass is 864 g/mol. The molecule has 0 aromatic rings. The molecule has 3 atom stereocenters. The third-order valence-corrected chi connectivity index (χ3v) is 13.7. The first-order chi connectivity index (χ1) is 30.0. The van der Waals surface area contributed by atoms with Crippen LogP contribution in [0.4, 0.5) is 0 Å². The van der Waals surface area contributed by atoms with E-state index in [1.807, 2.05) is 0 Å². The summed E-state index contributed by atoms with van der Waals surface area (Å²) in [4.78, 5) is 12.5. The molecule has 0 saturated carbocycles. The highest BCUT2D eigenvalue weighted by Crippen LogP contribution is 2.19. The maximum absolute atomic E-state index is 12.5. The number of carbonyl (C=O) groups is 1. The second-order valence-electron chi connectivity index (χ2n) is 19.9. The van der Waals surface area contributed by atoms with Crippen molar-refractivity contribution in [1.29, 1.82) is 0 Å². The Labute approximate surface area is 383 Å². The van der Waals surface area contributed by atoms with Crippen LogP contribution in [-0.2, 0) is 4.79 Å². The molecule has 1 amide bonds. The molecule has 0 bridgehead atoms. The number of hydrogen-bond donors (Lipinski definition) is 4. The number of aliphatic hydroxyl groups excluding tert-OH is 3. The van der Waals surface area contributed by atoms with Gasteiger partial charge in [-0.15, -0.1) is 0 Å². The number of nitrogens with one attached hydrogen (secondary N) is 1. The van der Waals surface area contributed by atoms with Crippen molar-refractivity contribution in [2.75, 3.05) is 6.61 Å². The van der Waals surface area contributed by atoms with E-state index in [0.29, 0.717) is 12.8 Å². The molecule has 0 aliphatic carbocycles. The maximum atomic E-state index is 12.5. The van der Waals surface area contributed by atoms with Crippen LogP contribution in [0.3, 0.4) is 0 Å². The van der Waals surface area contributed by atoms with Gasteiger partial charge in [0, 0.05) is 0 Å². The van der Waals surface area contributed by atoms with Crippen LogP contribution in [-0.4, -0.2) is 46.1 Å². The van der Waals surface area contributed by atoms with Gasteiger partial charge < -0.3 is 20.6 Å². The van der Waals surface area contributed by atoms with Crippen molar-refractivity contribution in [1.82, 2.24) is 5.32 Å². The molecule has 366 valence electrons. The third-order valence-electron chi connectivity index (χ3n) is 13.7. The summed E-state index contributed by atoms with van der Waals surface area (Å²) in [6.45, 7) is 4.31. The first-order valence-electron chi connectivity index (χ1n) is 28.3. The SMILES string of the molecule is CCCCCCCCCCCCCCCCCCCCCCCCCCCC(O)CC(=O)NC(CO)C(O)CCCCCCCCCCCCCCCCCCCCCCC. The Bertz CT molecular complexity index is 822. The fraction of sp³-hybridized carbons (Fsp3) is 0.982. The Hall–Kier alpha value is -0.650. The molecule has 0 spiro atoms. The third kappa shape index (κ3) is 48.6. The van der Waals surface area contributed by atoms with Crippen molar-refractivity contribution < 1.29 is 20.1 Å². The van der Waals surface area contributed by atoms with Crippen LogP contribution in [0.5, 0.6) is 0 Å². The van der Waals surface area contributed by atoms with Gasteiger partial charge in [0.25, 0.3) is 0 Å². The molecule has 0 radical (unpaired) electrons. The number of hydrogen-bond acceptors (Lipinski definition) is 4. The van der Waals surface area contributed by atoms with Gasteiger partial charge in [-0.25, -0.2) is 0 Å². The summed E-state index contributed by atoms with van der Waals surface area (Å²) in [6, 6.07) is -0.654. The topological polar surface area (TPSA) is 89.8 Å². The lowest BCUT2D eigenvalue weighted by Gasteiger charge is -2.23. The average Bonchev–Trinajstić information content (AvgIpc) is 3.25. The molecule has 61 heavy (non-hydrogen) atoms. The van der Waals surface area contributed by atoms with E-state index in [9.17, 15) is 20.1 Å². The first kappa shape index (κ1) is 60.4. The summed E-state index contributed by atoms with van der Waals surface area (Å²) >= 11 is 0. The van der Waals surface area contributed by atoms with Crippen LogP contribution >= 0.6 is 0 Å². The lowest BCUT2D eigenvalue weighted by atomic mass is 10.0. The lowest BCUT2D eigenvalue weighted by molar-refractivity contribution is -0.125. The van der Waals surface area contributed by atoms with Crippen molar-refractivity contribution in [3.63, 3.8) is 0 Å². The van der Waals surface area contributed by atoms with Crippen LogP contribution in [0, 0.1) is 0 Å². The second kappa shape index (κ2) is 52.0. The maximum Gasteiger partial charge on any atom is 0.222 e. The van der Waals surface area contributed by atoms with Crippen molar-refractivity contribution in [2.24, 2.45) is 0 Å². The zero-order valence-corrected chi connectivity index (χ0v) is 41.8. The van der Waals surface area contributed by atoms with E-state index < -0.39 is 18.2 Å². The van der Waals surface area contributed by atoms with E-state index in [1.165, 1.54) is 270 Å². The molecule has 0 heterocycles. The van der Waals surface area contributed by atoms with Crippen LogP contribution < -0.4 is 5.32 Å². The Balaban J connectivity index is 3.49. The Kier molecular flexibility index (Phi) is 51.4. The zero-order valence-electron chi connectivity index (χ0n) is 41.8. The minimum absolute atomic E-state index is 0.0436. The van der Waals surface area contributed by atoms with Gasteiger partial charge in [-0.2, -0.15) is 0 Å². The van der Waals surface area contributed by atoms with Gasteiger partial charge in [-0.05, 0) is 12.8 Å². The van der Waals surface area contributed by atoms with Crippen LogP contribution in [0.1, 0.15) is 328 Å². The van der Waals surface area contributed by atoms with Crippen molar-refractivity contribution >= 4 is 5.91 Å². The molecule has 0 aliphatic heterocycles. The molecule has 0 rings (SSSR count). The molecule has 5 heteroatoms. The Morgan fingerprint density at radius 3 is 0.787 bits per heavy atom. The van der Waals surface area contributed by atoms with Crippen molar-refractivity contribution in [3.05, 3.63) is 0 Å². The molecule has 0 aliphatic rings. The Morgan fingerprint density at radius 2 is 0.557 bits per heavy atom. The van der Waals surface area contributed by atoms with Gasteiger partial charge in [0.2, 0.25) is 5.91 Å². The highest BCUT2D eigenvalue weighted by molar-refractivity contribution is 5.76. The standard InChI is InChI=1S/C56H113NO4/c1-3-5-7-9-11-13-15-17-19-21-23-25-26-27-28-30-31-33-35-37-39-41-43-45-47-49-53(59)51-56(61)57-54(52-58)55(60)50-48-46-44-42-40-38-36-34-32-29-24-22-20-18-16-14-12-10-8-6-4-2/h53-55,58-60H,3-52H2,1-2H3,(H,57,61). The average molecular weight is 865 g/mol. The van der Waals surface area contributed by atoms with Gasteiger partial charge in [-0.3, -0.25) is 4.79 Å². The summed E-state index contributed by atoms with van der Waals surface area (Å²) < 4.78 is 0. The molecule has 0 fully saturated rings. The van der Waals surface area contributed by atoms with E-state index >= 15 is 0 Å². The van der Waals surface area contributed by atoms with Crippen LogP contribution in [0.2, 0.25) is 0 Å². The van der Waals surface area contributed by atoms with E-state index in [1.54, 1.807) is 0 Å². The Morgan fingerprint density at radius 1 is 0.344 bits per heavy atom. The molecule has 0 aromatic heterocycles. The fourth-order valence-corrected chi connectivity index (χ4v) is 9.35. The summed E-state index contributed by atoms with van der Waals surface area (Å²) in [6.07, 6.45) is 62.6. The molecular weight excluding hydrogens is 751 g/mol. The van der Waals surface area contributed by atoms with Gasteiger partial charge >= 0.3 is 0 Å². The molecular formula is C56H113NO4. The zero-order chi connectivity index (χ0) is 44.4. The highest BCUT2D eigenvalue weighted by Gasteiger charge is 2.21. The number of aliphatic hydroxyl groups is 3. The van der Waals surface area contributed by atoms with Crippen LogP contribution in [0.15, 0.2) is 0 Å². The van der Waals surface area contributed by atoms with E-state index in [2.05, 4.69) is 19.2 Å². The fourth-order valence-electron chi connectivity index (χ4n) is 9.35. The van der Waals surface area contributed by atoms with Gasteiger partial charge in [0.1, 0.15) is 0 Å². The summed E-state index contributed by atoms with van der Waals surface area (Å²) in [5, 5.41) is 33.6. The normalized spacial score (nSPS) is 13.2. The van der Waals surface area contributed by atoms with Crippen LogP contribution in [0.25, 0.3) is 0 Å². The first-order valence-corrected chi connectivity index (χ1v) is 28.3. The van der Waals surface area contributed by atoms with Crippen molar-refractivity contribution in [3.8, 4) is 0 Å². The lowest BCUT2D eigenvalue weighted by Crippen LogP contribution is -2.46. The summed E-state index contributed by atoms with van der Waals surface area (Å²) in [5.74, 6) is -0.274. The number of carbonyl (C=O) groups excluding carboxylic acids is 1. The molecule has 0 aromatic carbocycles. The van der Waals surface area contributed by atoms with Crippen molar-refractivity contribution in [2.45, 2.75) is 347 Å². The summed E-state index contributed by atoms with van der Waals surface area (Å²) in [7, 11) is 0. The smallest absolute Gasteiger partial charge is 0.222 e.